The number of aromatic nitrogens is 1. The Morgan fingerprint density at radius 1 is 1.56 bits per heavy atom. The quantitative estimate of drug-likeness (QED) is 0.835. The number of nitrogens with zero attached hydrogens (tertiary/aromatic N) is 1. The molecule has 1 aliphatic heterocycles. The number of carbonyl (C=O) groups is 1. The molecular formula is C12H15BrN2O3. The highest BCUT2D eigenvalue weighted by Gasteiger charge is 2.36. The molecule has 18 heavy (non-hydrogen) atoms. The Morgan fingerprint density at radius 3 is 2.89 bits per heavy atom. The zero-order chi connectivity index (χ0) is 13.3. The fourth-order valence-corrected chi connectivity index (χ4v) is 2.23. The van der Waals surface area contributed by atoms with Gasteiger partial charge in [0.15, 0.2) is 17.7 Å². The SMILES string of the molecule is CC(C)C(CO)C1Oc2ccc(Br)nc2NC1=O. The summed E-state index contributed by atoms with van der Waals surface area (Å²) in [7, 11) is 0. The second kappa shape index (κ2) is 5.24. The highest BCUT2D eigenvalue weighted by atomic mass is 79.9. The molecule has 0 bridgehead atoms. The standard InChI is InChI=1S/C12H15BrN2O3/c1-6(2)7(5-16)10-12(17)15-11-8(18-10)3-4-9(13)14-11/h3-4,6-7,10,16H,5H2,1-2H3,(H,14,15,17). The van der Waals surface area contributed by atoms with Crippen LogP contribution in [0, 0.1) is 11.8 Å². The summed E-state index contributed by atoms with van der Waals surface area (Å²) in [5.41, 5.74) is 0. The summed E-state index contributed by atoms with van der Waals surface area (Å²) in [5.74, 6) is 0.589. The van der Waals surface area contributed by atoms with E-state index in [1.54, 1.807) is 12.1 Å². The maximum absolute atomic E-state index is 12.0. The van der Waals surface area contributed by atoms with E-state index in [9.17, 15) is 9.90 Å². The number of nitrogens with one attached hydrogen (secondary N) is 1. The van der Waals surface area contributed by atoms with Gasteiger partial charge in [-0.3, -0.25) is 4.79 Å². The summed E-state index contributed by atoms with van der Waals surface area (Å²) in [6.45, 7) is 3.81. The van der Waals surface area contributed by atoms with Crippen molar-refractivity contribution < 1.29 is 14.6 Å². The molecule has 2 rings (SSSR count). The lowest BCUT2D eigenvalue weighted by Crippen LogP contribution is -2.45. The number of carbonyl (C=O) groups excluding carboxylic acids is 1. The van der Waals surface area contributed by atoms with Crippen molar-refractivity contribution in [2.75, 3.05) is 11.9 Å². The van der Waals surface area contributed by atoms with Gasteiger partial charge in [0, 0.05) is 5.92 Å². The van der Waals surface area contributed by atoms with E-state index in [-0.39, 0.29) is 24.3 Å². The van der Waals surface area contributed by atoms with Crippen LogP contribution < -0.4 is 10.1 Å². The minimum atomic E-state index is -0.675. The van der Waals surface area contributed by atoms with Crippen LogP contribution in [0.1, 0.15) is 13.8 Å². The molecule has 0 fully saturated rings. The number of hydrogen-bond donors (Lipinski definition) is 2. The monoisotopic (exact) mass is 314 g/mol. The van der Waals surface area contributed by atoms with Crippen LogP contribution in [0.3, 0.4) is 0 Å². The number of ether oxygens (including phenoxy) is 1. The molecule has 0 aromatic carbocycles. The molecule has 0 aliphatic carbocycles. The largest absolute Gasteiger partial charge is 0.476 e. The smallest absolute Gasteiger partial charge is 0.267 e. The van der Waals surface area contributed by atoms with Gasteiger partial charge in [0.25, 0.3) is 5.91 Å². The van der Waals surface area contributed by atoms with Crippen molar-refractivity contribution in [2.45, 2.75) is 20.0 Å². The minimum Gasteiger partial charge on any atom is -0.476 e. The number of halogens is 1. The molecule has 0 saturated carbocycles. The van der Waals surface area contributed by atoms with Crippen molar-refractivity contribution in [3.8, 4) is 5.75 Å². The molecule has 0 saturated heterocycles. The van der Waals surface area contributed by atoms with Crippen LogP contribution in [0.5, 0.6) is 5.75 Å². The Kier molecular flexibility index (Phi) is 3.87. The Labute approximate surface area is 114 Å². The van der Waals surface area contributed by atoms with Gasteiger partial charge in [0.2, 0.25) is 0 Å². The zero-order valence-corrected chi connectivity index (χ0v) is 11.8. The highest BCUT2D eigenvalue weighted by Crippen LogP contribution is 2.32. The van der Waals surface area contributed by atoms with Gasteiger partial charge in [-0.25, -0.2) is 4.98 Å². The molecule has 1 aromatic heterocycles. The molecule has 2 heterocycles. The van der Waals surface area contributed by atoms with Crippen LogP contribution in [0.4, 0.5) is 5.82 Å². The molecule has 2 N–H and O–H groups in total. The third kappa shape index (κ3) is 2.49. The van der Waals surface area contributed by atoms with Gasteiger partial charge >= 0.3 is 0 Å². The molecule has 0 radical (unpaired) electrons. The van der Waals surface area contributed by atoms with Gasteiger partial charge < -0.3 is 15.2 Å². The third-order valence-corrected chi connectivity index (χ3v) is 3.48. The van der Waals surface area contributed by atoms with E-state index in [4.69, 9.17) is 4.74 Å². The van der Waals surface area contributed by atoms with E-state index >= 15 is 0 Å². The first-order chi connectivity index (χ1) is 8.52. The van der Waals surface area contributed by atoms with Crippen LogP contribution in [0.2, 0.25) is 0 Å². The summed E-state index contributed by atoms with van der Waals surface area (Å²) >= 11 is 3.23. The Morgan fingerprint density at radius 2 is 2.28 bits per heavy atom. The van der Waals surface area contributed by atoms with Gasteiger partial charge in [-0.1, -0.05) is 13.8 Å². The lowest BCUT2D eigenvalue weighted by molar-refractivity contribution is -0.127. The highest BCUT2D eigenvalue weighted by molar-refractivity contribution is 9.10. The van der Waals surface area contributed by atoms with Crippen molar-refractivity contribution in [3.05, 3.63) is 16.7 Å². The van der Waals surface area contributed by atoms with Crippen molar-refractivity contribution in [1.82, 2.24) is 4.98 Å². The average Bonchev–Trinajstić information content (AvgIpc) is 2.30. The van der Waals surface area contributed by atoms with Crippen molar-refractivity contribution in [1.29, 1.82) is 0 Å². The van der Waals surface area contributed by atoms with Gasteiger partial charge in [0.05, 0.1) is 6.61 Å². The van der Waals surface area contributed by atoms with Crippen molar-refractivity contribution in [3.63, 3.8) is 0 Å². The summed E-state index contributed by atoms with van der Waals surface area (Å²) in [5, 5.41) is 12.1. The van der Waals surface area contributed by atoms with E-state index in [2.05, 4.69) is 26.2 Å². The van der Waals surface area contributed by atoms with Crippen LogP contribution in [0.15, 0.2) is 16.7 Å². The lowest BCUT2D eigenvalue weighted by Gasteiger charge is -2.31. The van der Waals surface area contributed by atoms with Crippen molar-refractivity contribution >= 4 is 27.7 Å². The van der Waals surface area contributed by atoms with Crippen molar-refractivity contribution in [2.24, 2.45) is 11.8 Å². The number of rotatable bonds is 3. The fourth-order valence-electron chi connectivity index (χ4n) is 1.92. The first-order valence-electron chi connectivity index (χ1n) is 5.78. The molecular weight excluding hydrogens is 300 g/mol. The van der Waals surface area contributed by atoms with E-state index < -0.39 is 6.10 Å². The lowest BCUT2D eigenvalue weighted by atomic mass is 9.90. The Balaban J connectivity index is 2.28. The number of anilines is 1. The van der Waals surface area contributed by atoms with E-state index in [0.29, 0.717) is 16.2 Å². The first-order valence-corrected chi connectivity index (χ1v) is 6.57. The van der Waals surface area contributed by atoms with Gasteiger partial charge in [-0.2, -0.15) is 0 Å². The predicted octanol–water partition coefficient (Wildman–Crippen LogP) is 1.81. The van der Waals surface area contributed by atoms with Gasteiger partial charge in [0.1, 0.15) is 4.60 Å². The number of aliphatic hydroxyl groups excluding tert-OH is 1. The molecule has 1 aliphatic rings. The second-order valence-corrected chi connectivity index (χ2v) is 5.41. The molecule has 2 atom stereocenters. The summed E-state index contributed by atoms with van der Waals surface area (Å²) in [6.07, 6.45) is -0.675. The van der Waals surface area contributed by atoms with E-state index in [0.717, 1.165) is 0 Å². The normalized spacial score (nSPS) is 20.1. The zero-order valence-electron chi connectivity index (χ0n) is 10.2. The van der Waals surface area contributed by atoms with Crippen LogP contribution in [0.25, 0.3) is 0 Å². The third-order valence-electron chi connectivity index (χ3n) is 3.03. The topological polar surface area (TPSA) is 71.5 Å². The molecule has 1 aromatic rings. The maximum Gasteiger partial charge on any atom is 0.267 e. The van der Waals surface area contributed by atoms with E-state index in [1.165, 1.54) is 0 Å². The van der Waals surface area contributed by atoms with Crippen LogP contribution in [-0.4, -0.2) is 28.7 Å². The van der Waals surface area contributed by atoms with Gasteiger partial charge in [-0.15, -0.1) is 0 Å². The molecule has 1 amide bonds. The maximum atomic E-state index is 12.0. The fraction of sp³-hybridized carbons (Fsp3) is 0.500. The first kappa shape index (κ1) is 13.3. The summed E-state index contributed by atoms with van der Waals surface area (Å²) < 4.78 is 6.29. The molecule has 0 spiro atoms. The minimum absolute atomic E-state index is 0.0883. The molecule has 5 nitrogen and oxygen atoms in total. The average molecular weight is 315 g/mol. The molecule has 2 unspecified atom stereocenters. The number of hydrogen-bond acceptors (Lipinski definition) is 4. The molecule has 98 valence electrons. The van der Waals surface area contributed by atoms with Crippen LogP contribution in [-0.2, 0) is 4.79 Å². The van der Waals surface area contributed by atoms with Gasteiger partial charge in [-0.05, 0) is 34.0 Å². The van der Waals surface area contributed by atoms with Crippen LogP contribution >= 0.6 is 15.9 Å². The number of pyridine rings is 1. The number of fused-ring (bicyclic) bond motifs is 1. The number of aliphatic hydroxyl groups is 1. The predicted molar refractivity (Wildman–Crippen MR) is 70.4 cm³/mol. The van der Waals surface area contributed by atoms with E-state index in [1.807, 2.05) is 13.8 Å². The second-order valence-electron chi connectivity index (χ2n) is 4.60. The summed E-state index contributed by atoms with van der Waals surface area (Å²) in [4.78, 5) is 16.1. The Bertz CT molecular complexity index is 465. The summed E-state index contributed by atoms with van der Waals surface area (Å²) in [6, 6.07) is 3.49. The Hall–Kier alpha value is -1.14. The number of amides is 1. The molecule has 6 heteroatoms.